The normalized spacial score (nSPS) is 22.8. The van der Waals surface area contributed by atoms with Gasteiger partial charge in [0.2, 0.25) is 0 Å². The maximum absolute atomic E-state index is 9.76. The van der Waals surface area contributed by atoms with E-state index in [1.165, 1.54) is 25.7 Å². The monoisotopic (exact) mass is 170 g/mol. The average Bonchev–Trinajstić information content (AvgIpc) is 2.68. The van der Waals surface area contributed by atoms with Crippen molar-refractivity contribution in [2.45, 2.75) is 59.0 Å². The zero-order valence-corrected chi connectivity index (χ0v) is 8.64. The first-order chi connectivity index (χ1) is 5.54. The lowest BCUT2D eigenvalue weighted by Crippen LogP contribution is -2.18. The van der Waals surface area contributed by atoms with E-state index in [9.17, 15) is 5.11 Å². The standard InChI is InChI=1S/C11H22O/c1-9(2)5-4-6-10(12)11(3)7-8-11/h9-10,12H,4-8H2,1-3H3. The minimum atomic E-state index is -0.0313. The third kappa shape index (κ3) is 2.78. The Kier molecular flexibility index (Phi) is 3.16. The molecule has 0 heterocycles. The van der Waals surface area contributed by atoms with Crippen LogP contribution in [0.25, 0.3) is 0 Å². The first kappa shape index (κ1) is 10.0. The predicted octanol–water partition coefficient (Wildman–Crippen LogP) is 2.97. The van der Waals surface area contributed by atoms with Gasteiger partial charge in [0.15, 0.2) is 0 Å². The molecule has 1 rings (SSSR count). The van der Waals surface area contributed by atoms with Crippen LogP contribution in [0.15, 0.2) is 0 Å². The molecule has 1 aliphatic rings. The molecule has 1 atom stereocenters. The van der Waals surface area contributed by atoms with Gasteiger partial charge in [-0.05, 0) is 30.6 Å². The molecule has 0 spiro atoms. The molecule has 1 nitrogen and oxygen atoms in total. The van der Waals surface area contributed by atoms with Crippen molar-refractivity contribution in [3.05, 3.63) is 0 Å². The highest BCUT2D eigenvalue weighted by Gasteiger charge is 2.43. The summed E-state index contributed by atoms with van der Waals surface area (Å²) in [6, 6.07) is 0. The second-order valence-corrected chi connectivity index (χ2v) is 4.99. The van der Waals surface area contributed by atoms with E-state index in [-0.39, 0.29) is 6.10 Å². The second-order valence-electron chi connectivity index (χ2n) is 4.99. The molecule has 1 unspecified atom stereocenters. The molecule has 0 bridgehead atoms. The first-order valence-electron chi connectivity index (χ1n) is 5.23. The molecule has 1 heteroatoms. The third-order valence-corrected chi connectivity index (χ3v) is 3.10. The van der Waals surface area contributed by atoms with Crippen molar-refractivity contribution >= 4 is 0 Å². The van der Waals surface area contributed by atoms with E-state index >= 15 is 0 Å². The van der Waals surface area contributed by atoms with Crippen molar-refractivity contribution in [1.82, 2.24) is 0 Å². The van der Waals surface area contributed by atoms with Crippen LogP contribution in [0.1, 0.15) is 52.9 Å². The van der Waals surface area contributed by atoms with Gasteiger partial charge in [0.05, 0.1) is 6.10 Å². The number of hydrogen-bond donors (Lipinski definition) is 1. The maximum atomic E-state index is 9.76. The van der Waals surface area contributed by atoms with Crippen LogP contribution < -0.4 is 0 Å². The van der Waals surface area contributed by atoms with Crippen LogP contribution in [0.4, 0.5) is 0 Å². The molecule has 0 aromatic carbocycles. The van der Waals surface area contributed by atoms with E-state index in [2.05, 4.69) is 20.8 Å². The van der Waals surface area contributed by atoms with Crippen LogP contribution in [0.5, 0.6) is 0 Å². The minimum Gasteiger partial charge on any atom is -0.393 e. The molecule has 0 radical (unpaired) electrons. The van der Waals surface area contributed by atoms with Gasteiger partial charge >= 0.3 is 0 Å². The summed E-state index contributed by atoms with van der Waals surface area (Å²) in [6.45, 7) is 6.68. The van der Waals surface area contributed by atoms with E-state index in [0.29, 0.717) is 5.41 Å². The average molecular weight is 170 g/mol. The first-order valence-corrected chi connectivity index (χ1v) is 5.23. The van der Waals surface area contributed by atoms with Crippen molar-refractivity contribution in [1.29, 1.82) is 0 Å². The lowest BCUT2D eigenvalue weighted by atomic mass is 9.95. The summed E-state index contributed by atoms with van der Waals surface area (Å²) in [5, 5.41) is 9.76. The number of aliphatic hydroxyl groups excluding tert-OH is 1. The smallest absolute Gasteiger partial charge is 0.0593 e. The molecule has 0 aromatic rings. The van der Waals surface area contributed by atoms with Gasteiger partial charge in [0, 0.05) is 0 Å². The molecule has 0 aromatic heterocycles. The SMILES string of the molecule is CC(C)CCCC(O)C1(C)CC1. The number of aliphatic hydroxyl groups is 1. The van der Waals surface area contributed by atoms with Crippen LogP contribution in [0, 0.1) is 11.3 Å². The lowest BCUT2D eigenvalue weighted by Gasteiger charge is -2.17. The summed E-state index contributed by atoms with van der Waals surface area (Å²) in [5.41, 5.74) is 0.303. The van der Waals surface area contributed by atoms with Crippen LogP contribution in [-0.2, 0) is 0 Å². The highest BCUT2D eigenvalue weighted by molar-refractivity contribution is 4.94. The van der Waals surface area contributed by atoms with Gasteiger partial charge in [-0.2, -0.15) is 0 Å². The van der Waals surface area contributed by atoms with Crippen LogP contribution >= 0.6 is 0 Å². The fraction of sp³-hybridized carbons (Fsp3) is 1.00. The Labute approximate surface area is 76.2 Å². The van der Waals surface area contributed by atoms with Crippen LogP contribution in [-0.4, -0.2) is 11.2 Å². The molecule has 72 valence electrons. The van der Waals surface area contributed by atoms with Gasteiger partial charge in [-0.15, -0.1) is 0 Å². The van der Waals surface area contributed by atoms with Gasteiger partial charge in [-0.25, -0.2) is 0 Å². The van der Waals surface area contributed by atoms with E-state index in [1.54, 1.807) is 0 Å². The minimum absolute atomic E-state index is 0.0313. The molecule has 1 fully saturated rings. The summed E-state index contributed by atoms with van der Waals surface area (Å²) < 4.78 is 0. The van der Waals surface area contributed by atoms with Crippen LogP contribution in [0.3, 0.4) is 0 Å². The Bertz CT molecular complexity index is 136. The van der Waals surface area contributed by atoms with Gasteiger partial charge < -0.3 is 5.11 Å². The van der Waals surface area contributed by atoms with Gasteiger partial charge in [-0.3, -0.25) is 0 Å². The molecule has 0 amide bonds. The summed E-state index contributed by atoms with van der Waals surface area (Å²) >= 11 is 0. The van der Waals surface area contributed by atoms with E-state index in [1.807, 2.05) is 0 Å². The highest BCUT2D eigenvalue weighted by atomic mass is 16.3. The number of hydrogen-bond acceptors (Lipinski definition) is 1. The quantitative estimate of drug-likeness (QED) is 0.672. The van der Waals surface area contributed by atoms with Gasteiger partial charge in [-0.1, -0.05) is 33.6 Å². The molecular formula is C11H22O. The fourth-order valence-electron chi connectivity index (χ4n) is 1.60. The Morgan fingerprint density at radius 2 is 1.83 bits per heavy atom. The summed E-state index contributed by atoms with van der Waals surface area (Å²) in [7, 11) is 0. The summed E-state index contributed by atoms with van der Waals surface area (Å²) in [6.07, 6.45) is 5.89. The predicted molar refractivity (Wildman–Crippen MR) is 52.0 cm³/mol. The second kappa shape index (κ2) is 3.78. The Balaban J connectivity index is 2.07. The van der Waals surface area contributed by atoms with Crippen molar-refractivity contribution in [2.24, 2.45) is 11.3 Å². The molecule has 0 saturated heterocycles. The highest BCUT2D eigenvalue weighted by Crippen LogP contribution is 2.49. The zero-order valence-electron chi connectivity index (χ0n) is 8.64. The Morgan fingerprint density at radius 1 is 1.25 bits per heavy atom. The van der Waals surface area contributed by atoms with Gasteiger partial charge in [0.1, 0.15) is 0 Å². The van der Waals surface area contributed by atoms with Crippen LogP contribution in [0.2, 0.25) is 0 Å². The number of rotatable bonds is 5. The van der Waals surface area contributed by atoms with Crippen molar-refractivity contribution < 1.29 is 5.11 Å². The summed E-state index contributed by atoms with van der Waals surface area (Å²) in [4.78, 5) is 0. The largest absolute Gasteiger partial charge is 0.393 e. The molecular weight excluding hydrogens is 148 g/mol. The van der Waals surface area contributed by atoms with E-state index in [0.717, 1.165) is 12.3 Å². The molecule has 1 aliphatic carbocycles. The van der Waals surface area contributed by atoms with E-state index < -0.39 is 0 Å². The zero-order chi connectivity index (χ0) is 9.19. The lowest BCUT2D eigenvalue weighted by molar-refractivity contribution is 0.0905. The van der Waals surface area contributed by atoms with Gasteiger partial charge in [0.25, 0.3) is 0 Å². The van der Waals surface area contributed by atoms with E-state index in [4.69, 9.17) is 0 Å². The Morgan fingerprint density at radius 3 is 2.25 bits per heavy atom. The third-order valence-electron chi connectivity index (χ3n) is 3.10. The molecule has 12 heavy (non-hydrogen) atoms. The van der Waals surface area contributed by atoms with Crippen molar-refractivity contribution in [3.63, 3.8) is 0 Å². The summed E-state index contributed by atoms with van der Waals surface area (Å²) in [5.74, 6) is 0.782. The topological polar surface area (TPSA) is 20.2 Å². The molecule has 1 N–H and O–H groups in total. The fourth-order valence-corrected chi connectivity index (χ4v) is 1.60. The molecule has 1 saturated carbocycles. The Hall–Kier alpha value is -0.0400. The van der Waals surface area contributed by atoms with Crippen molar-refractivity contribution in [2.75, 3.05) is 0 Å². The molecule has 0 aliphatic heterocycles. The van der Waals surface area contributed by atoms with Crippen molar-refractivity contribution in [3.8, 4) is 0 Å². The maximum Gasteiger partial charge on any atom is 0.0593 e.